The number of nitrogens with zero attached hydrogens (tertiary/aromatic N) is 1. The number of anilines is 1. The zero-order valence-corrected chi connectivity index (χ0v) is 13.4. The Labute approximate surface area is 131 Å². The maximum absolute atomic E-state index is 12.2. The zero-order valence-electron chi connectivity index (χ0n) is 12.7. The number of ether oxygens (including phenoxy) is 1. The third kappa shape index (κ3) is 4.70. The lowest BCUT2D eigenvalue weighted by molar-refractivity contribution is 0.0398. The molecule has 1 heterocycles. The standard InChI is InChI=1S/C16H23ClN2O2/c1-12(2)16(20)14-4-3-13(17)11-15(14)18-5-6-19-7-9-21-10-8-19/h3-4,11-12,18H,5-10H2,1-2H3. The van der Waals surface area contributed by atoms with E-state index in [1.165, 1.54) is 0 Å². The Kier molecular flexibility index (Phi) is 6.03. The Balaban J connectivity index is 1.97. The van der Waals surface area contributed by atoms with Crippen LogP contribution < -0.4 is 5.32 Å². The van der Waals surface area contributed by atoms with E-state index in [1.54, 1.807) is 6.07 Å². The van der Waals surface area contributed by atoms with E-state index in [9.17, 15) is 4.79 Å². The number of hydrogen-bond donors (Lipinski definition) is 1. The summed E-state index contributed by atoms with van der Waals surface area (Å²) >= 11 is 6.05. The first-order valence-electron chi connectivity index (χ1n) is 7.45. The van der Waals surface area contributed by atoms with Crippen molar-refractivity contribution in [2.45, 2.75) is 13.8 Å². The Morgan fingerprint density at radius 1 is 1.38 bits per heavy atom. The number of nitrogens with one attached hydrogen (secondary N) is 1. The van der Waals surface area contributed by atoms with Crippen LogP contribution in [0.5, 0.6) is 0 Å². The molecule has 0 aromatic heterocycles. The van der Waals surface area contributed by atoms with E-state index in [0.29, 0.717) is 5.02 Å². The summed E-state index contributed by atoms with van der Waals surface area (Å²) < 4.78 is 5.33. The van der Waals surface area contributed by atoms with E-state index in [2.05, 4.69) is 10.2 Å². The van der Waals surface area contributed by atoms with Crippen LogP contribution in [0.25, 0.3) is 0 Å². The van der Waals surface area contributed by atoms with Gasteiger partial charge in [-0.3, -0.25) is 9.69 Å². The van der Waals surface area contributed by atoms with E-state index >= 15 is 0 Å². The summed E-state index contributed by atoms with van der Waals surface area (Å²) in [5.74, 6) is 0.117. The molecular formula is C16H23ClN2O2. The highest BCUT2D eigenvalue weighted by molar-refractivity contribution is 6.31. The topological polar surface area (TPSA) is 41.6 Å². The fourth-order valence-corrected chi connectivity index (χ4v) is 2.53. The minimum absolute atomic E-state index is 0.0223. The Bertz CT molecular complexity index is 485. The normalized spacial score (nSPS) is 16.2. The molecule has 1 aromatic rings. The first-order valence-corrected chi connectivity index (χ1v) is 7.83. The second-order valence-corrected chi connectivity index (χ2v) is 6.03. The molecule has 0 atom stereocenters. The first kappa shape index (κ1) is 16.3. The summed E-state index contributed by atoms with van der Waals surface area (Å²) in [6.45, 7) is 9.08. The van der Waals surface area contributed by atoms with Crippen LogP contribution in [0.2, 0.25) is 5.02 Å². The SMILES string of the molecule is CC(C)C(=O)c1ccc(Cl)cc1NCCN1CCOCC1. The number of benzene rings is 1. The van der Waals surface area contributed by atoms with E-state index in [4.69, 9.17) is 16.3 Å². The number of ketones is 1. The molecule has 0 bridgehead atoms. The number of rotatable bonds is 6. The molecule has 0 radical (unpaired) electrons. The highest BCUT2D eigenvalue weighted by Gasteiger charge is 2.15. The van der Waals surface area contributed by atoms with Crippen molar-refractivity contribution in [3.8, 4) is 0 Å². The lowest BCUT2D eigenvalue weighted by Gasteiger charge is -2.26. The molecule has 2 rings (SSSR count). The molecule has 1 aliphatic rings. The lowest BCUT2D eigenvalue weighted by Crippen LogP contribution is -2.39. The van der Waals surface area contributed by atoms with Crippen LogP contribution in [0.1, 0.15) is 24.2 Å². The average Bonchev–Trinajstić information content (AvgIpc) is 2.48. The molecule has 1 aliphatic heterocycles. The third-order valence-electron chi connectivity index (χ3n) is 3.62. The summed E-state index contributed by atoms with van der Waals surface area (Å²) in [5, 5.41) is 3.99. The van der Waals surface area contributed by atoms with E-state index in [1.807, 2.05) is 26.0 Å². The van der Waals surface area contributed by atoms with Crippen LogP contribution in [-0.4, -0.2) is 50.1 Å². The summed E-state index contributed by atoms with van der Waals surface area (Å²) in [6.07, 6.45) is 0. The molecule has 0 spiro atoms. The molecular weight excluding hydrogens is 288 g/mol. The van der Waals surface area contributed by atoms with E-state index in [-0.39, 0.29) is 11.7 Å². The lowest BCUT2D eigenvalue weighted by atomic mass is 9.99. The van der Waals surface area contributed by atoms with Crippen molar-refractivity contribution in [2.24, 2.45) is 5.92 Å². The third-order valence-corrected chi connectivity index (χ3v) is 3.85. The fraction of sp³-hybridized carbons (Fsp3) is 0.562. The average molecular weight is 311 g/mol. The van der Waals surface area contributed by atoms with Gasteiger partial charge in [0.05, 0.1) is 13.2 Å². The van der Waals surface area contributed by atoms with Crippen molar-refractivity contribution in [2.75, 3.05) is 44.7 Å². The van der Waals surface area contributed by atoms with Crippen molar-refractivity contribution >= 4 is 23.1 Å². The highest BCUT2D eigenvalue weighted by Crippen LogP contribution is 2.23. The van der Waals surface area contributed by atoms with Gasteiger partial charge in [-0.25, -0.2) is 0 Å². The first-order chi connectivity index (χ1) is 10.1. The Morgan fingerprint density at radius 3 is 2.76 bits per heavy atom. The summed E-state index contributed by atoms with van der Waals surface area (Å²) in [7, 11) is 0. The van der Waals surface area contributed by atoms with Crippen LogP contribution in [0, 0.1) is 5.92 Å². The highest BCUT2D eigenvalue weighted by atomic mass is 35.5. The molecule has 0 amide bonds. The van der Waals surface area contributed by atoms with Gasteiger partial charge in [0.2, 0.25) is 0 Å². The monoisotopic (exact) mass is 310 g/mol. The molecule has 116 valence electrons. The number of halogens is 1. The van der Waals surface area contributed by atoms with Crippen LogP contribution in [0.4, 0.5) is 5.69 Å². The maximum Gasteiger partial charge on any atom is 0.167 e. The second-order valence-electron chi connectivity index (χ2n) is 5.59. The molecule has 5 heteroatoms. The largest absolute Gasteiger partial charge is 0.383 e. The van der Waals surface area contributed by atoms with Crippen molar-refractivity contribution in [1.29, 1.82) is 0 Å². The van der Waals surface area contributed by atoms with E-state index < -0.39 is 0 Å². The predicted molar refractivity (Wildman–Crippen MR) is 86.4 cm³/mol. The van der Waals surface area contributed by atoms with Crippen LogP contribution >= 0.6 is 11.6 Å². The fourth-order valence-electron chi connectivity index (χ4n) is 2.36. The van der Waals surface area contributed by atoms with Gasteiger partial charge in [-0.1, -0.05) is 25.4 Å². The van der Waals surface area contributed by atoms with Crippen LogP contribution in [0.15, 0.2) is 18.2 Å². The number of Topliss-reactive ketones (excluding diaryl/α,β-unsaturated/α-hetero) is 1. The van der Waals surface area contributed by atoms with Crippen molar-refractivity contribution in [3.63, 3.8) is 0 Å². The summed E-state index contributed by atoms with van der Waals surface area (Å²) in [5.41, 5.74) is 1.55. The summed E-state index contributed by atoms with van der Waals surface area (Å²) in [6, 6.07) is 5.41. The van der Waals surface area contributed by atoms with Gasteiger partial charge in [-0.15, -0.1) is 0 Å². The Hall–Kier alpha value is -1.10. The van der Waals surface area contributed by atoms with Gasteiger partial charge >= 0.3 is 0 Å². The quantitative estimate of drug-likeness (QED) is 0.820. The molecule has 0 saturated carbocycles. The van der Waals surface area contributed by atoms with Crippen molar-refractivity contribution in [1.82, 2.24) is 4.90 Å². The Morgan fingerprint density at radius 2 is 2.10 bits per heavy atom. The molecule has 1 N–H and O–H groups in total. The van der Waals surface area contributed by atoms with Gasteiger partial charge in [0.1, 0.15) is 0 Å². The molecule has 0 unspecified atom stereocenters. The summed E-state index contributed by atoms with van der Waals surface area (Å²) in [4.78, 5) is 14.6. The number of morpholine rings is 1. The van der Waals surface area contributed by atoms with Crippen molar-refractivity contribution in [3.05, 3.63) is 28.8 Å². The second kappa shape index (κ2) is 7.78. The van der Waals surface area contributed by atoms with Crippen molar-refractivity contribution < 1.29 is 9.53 Å². The van der Waals surface area contributed by atoms with Crippen LogP contribution in [-0.2, 0) is 4.74 Å². The molecule has 0 aliphatic carbocycles. The van der Waals surface area contributed by atoms with Gasteiger partial charge in [-0.2, -0.15) is 0 Å². The molecule has 1 fully saturated rings. The van der Waals surface area contributed by atoms with Crippen LogP contribution in [0.3, 0.4) is 0 Å². The van der Waals surface area contributed by atoms with Gasteiger partial charge < -0.3 is 10.1 Å². The minimum atomic E-state index is -0.0223. The molecule has 21 heavy (non-hydrogen) atoms. The number of carbonyl (C=O) groups excluding carboxylic acids is 1. The van der Waals surface area contributed by atoms with Gasteiger partial charge in [0, 0.05) is 48.4 Å². The number of carbonyl (C=O) groups is 1. The molecule has 4 nitrogen and oxygen atoms in total. The van der Waals surface area contributed by atoms with Gasteiger partial charge in [0.15, 0.2) is 5.78 Å². The van der Waals surface area contributed by atoms with Gasteiger partial charge in [-0.05, 0) is 18.2 Å². The molecule has 1 aromatic carbocycles. The number of hydrogen-bond acceptors (Lipinski definition) is 4. The minimum Gasteiger partial charge on any atom is -0.383 e. The molecule has 1 saturated heterocycles. The predicted octanol–water partition coefficient (Wildman–Crippen LogP) is 2.92. The maximum atomic E-state index is 12.2. The zero-order chi connectivity index (χ0) is 15.2. The van der Waals surface area contributed by atoms with E-state index in [0.717, 1.165) is 50.6 Å². The van der Waals surface area contributed by atoms with Gasteiger partial charge in [0.25, 0.3) is 0 Å². The smallest absolute Gasteiger partial charge is 0.167 e.